The average Bonchev–Trinajstić information content (AvgIpc) is 2.34. The Morgan fingerprint density at radius 3 is 2.62 bits per heavy atom. The van der Waals surface area contributed by atoms with Crippen molar-refractivity contribution in [3.8, 4) is 0 Å². The molecule has 0 aromatic rings. The van der Waals surface area contributed by atoms with Gasteiger partial charge in [-0.3, -0.25) is 4.79 Å². The highest BCUT2D eigenvalue weighted by molar-refractivity contribution is 5.78. The van der Waals surface area contributed by atoms with Crippen molar-refractivity contribution in [1.29, 1.82) is 0 Å². The van der Waals surface area contributed by atoms with Crippen LogP contribution in [0.2, 0.25) is 0 Å². The number of hydrogen-bond donors (Lipinski definition) is 2. The molecular formula is C13H26N2O. The van der Waals surface area contributed by atoms with Crippen molar-refractivity contribution in [1.82, 2.24) is 5.32 Å². The van der Waals surface area contributed by atoms with Crippen LogP contribution in [0.4, 0.5) is 0 Å². The van der Waals surface area contributed by atoms with Gasteiger partial charge in [-0.05, 0) is 18.8 Å². The molecule has 1 saturated carbocycles. The van der Waals surface area contributed by atoms with Crippen LogP contribution in [0.15, 0.2) is 0 Å². The molecule has 3 heteroatoms. The first-order valence-electron chi connectivity index (χ1n) is 6.75. The van der Waals surface area contributed by atoms with Crippen LogP contribution < -0.4 is 11.1 Å². The van der Waals surface area contributed by atoms with Crippen LogP contribution in [-0.4, -0.2) is 19.0 Å². The van der Waals surface area contributed by atoms with E-state index in [1.807, 2.05) is 0 Å². The summed E-state index contributed by atoms with van der Waals surface area (Å²) < 4.78 is 0. The minimum atomic E-state index is 0.203. The zero-order valence-electron chi connectivity index (χ0n) is 10.5. The summed E-state index contributed by atoms with van der Waals surface area (Å²) in [7, 11) is 0. The molecule has 94 valence electrons. The van der Waals surface area contributed by atoms with Gasteiger partial charge in [0.05, 0.1) is 0 Å². The van der Waals surface area contributed by atoms with Gasteiger partial charge in [0.2, 0.25) is 5.91 Å². The van der Waals surface area contributed by atoms with E-state index in [9.17, 15) is 4.79 Å². The zero-order valence-corrected chi connectivity index (χ0v) is 10.5. The van der Waals surface area contributed by atoms with Gasteiger partial charge in [0, 0.05) is 19.0 Å². The Kier molecular flexibility index (Phi) is 6.46. The summed E-state index contributed by atoms with van der Waals surface area (Å²) in [5, 5.41) is 2.91. The smallest absolute Gasteiger partial charge is 0.223 e. The maximum atomic E-state index is 11.8. The van der Waals surface area contributed by atoms with Crippen molar-refractivity contribution in [3.05, 3.63) is 0 Å². The van der Waals surface area contributed by atoms with Gasteiger partial charge in [0.15, 0.2) is 0 Å². The van der Waals surface area contributed by atoms with Crippen molar-refractivity contribution in [2.24, 2.45) is 17.6 Å². The highest BCUT2D eigenvalue weighted by Crippen LogP contribution is 2.30. The Hall–Kier alpha value is -0.570. The molecule has 0 aliphatic heterocycles. The van der Waals surface area contributed by atoms with Crippen LogP contribution in [0.25, 0.3) is 0 Å². The van der Waals surface area contributed by atoms with E-state index >= 15 is 0 Å². The van der Waals surface area contributed by atoms with Crippen LogP contribution in [0.3, 0.4) is 0 Å². The van der Waals surface area contributed by atoms with Crippen LogP contribution in [0, 0.1) is 11.8 Å². The molecule has 0 saturated heterocycles. The van der Waals surface area contributed by atoms with E-state index in [4.69, 9.17) is 5.73 Å². The number of rotatable bonds is 6. The predicted octanol–water partition coefficient (Wildman–Crippen LogP) is 2.06. The Balaban J connectivity index is 2.31. The van der Waals surface area contributed by atoms with E-state index in [1.54, 1.807) is 0 Å². The molecule has 3 nitrogen and oxygen atoms in total. The number of nitrogens with two attached hydrogens (primary N) is 1. The van der Waals surface area contributed by atoms with Gasteiger partial charge in [-0.15, -0.1) is 0 Å². The molecule has 0 bridgehead atoms. The van der Waals surface area contributed by atoms with Gasteiger partial charge in [-0.1, -0.05) is 39.0 Å². The topological polar surface area (TPSA) is 55.1 Å². The van der Waals surface area contributed by atoms with Crippen LogP contribution in [0.1, 0.15) is 51.9 Å². The fraction of sp³-hybridized carbons (Fsp3) is 0.923. The fourth-order valence-electron chi connectivity index (χ4n) is 2.62. The third-order valence-corrected chi connectivity index (χ3v) is 3.65. The zero-order chi connectivity index (χ0) is 11.8. The number of hydrogen-bond acceptors (Lipinski definition) is 2. The second-order valence-corrected chi connectivity index (χ2v) is 4.92. The molecule has 0 radical (unpaired) electrons. The lowest BCUT2D eigenvalue weighted by atomic mass is 9.82. The minimum absolute atomic E-state index is 0.203. The van der Waals surface area contributed by atoms with Crippen molar-refractivity contribution in [2.45, 2.75) is 51.9 Å². The molecule has 1 amide bonds. The Bertz CT molecular complexity index is 200. The third-order valence-electron chi connectivity index (χ3n) is 3.65. The molecule has 0 heterocycles. The van der Waals surface area contributed by atoms with Crippen molar-refractivity contribution in [2.75, 3.05) is 13.1 Å². The highest BCUT2D eigenvalue weighted by Gasteiger charge is 2.22. The van der Waals surface area contributed by atoms with Crippen molar-refractivity contribution < 1.29 is 4.79 Å². The molecule has 3 N–H and O–H groups in total. The van der Waals surface area contributed by atoms with Crippen LogP contribution in [0.5, 0.6) is 0 Å². The Morgan fingerprint density at radius 2 is 2.06 bits per heavy atom. The normalized spacial score (nSPS) is 19.4. The van der Waals surface area contributed by atoms with E-state index in [0.717, 1.165) is 18.8 Å². The summed E-state index contributed by atoms with van der Waals surface area (Å²) in [6.45, 7) is 3.25. The quantitative estimate of drug-likeness (QED) is 0.728. The molecule has 1 atom stereocenters. The Labute approximate surface area is 99.2 Å². The van der Waals surface area contributed by atoms with Gasteiger partial charge in [-0.2, -0.15) is 0 Å². The second kappa shape index (κ2) is 7.66. The lowest BCUT2D eigenvalue weighted by molar-refractivity contribution is -0.125. The van der Waals surface area contributed by atoms with E-state index < -0.39 is 0 Å². The summed E-state index contributed by atoms with van der Waals surface area (Å²) in [4.78, 5) is 11.8. The van der Waals surface area contributed by atoms with Gasteiger partial charge in [0.1, 0.15) is 0 Å². The van der Waals surface area contributed by atoms with E-state index in [0.29, 0.717) is 13.1 Å². The van der Waals surface area contributed by atoms with Gasteiger partial charge in [0.25, 0.3) is 0 Å². The first-order chi connectivity index (χ1) is 7.77. The van der Waals surface area contributed by atoms with Crippen LogP contribution >= 0.6 is 0 Å². The number of nitrogens with one attached hydrogen (secondary N) is 1. The van der Waals surface area contributed by atoms with Gasteiger partial charge >= 0.3 is 0 Å². The Morgan fingerprint density at radius 1 is 1.38 bits per heavy atom. The monoisotopic (exact) mass is 226 g/mol. The highest BCUT2D eigenvalue weighted by atomic mass is 16.1. The summed E-state index contributed by atoms with van der Waals surface area (Å²) in [6, 6.07) is 0. The maximum Gasteiger partial charge on any atom is 0.223 e. The molecule has 1 aliphatic rings. The van der Waals surface area contributed by atoms with E-state index in [-0.39, 0.29) is 11.8 Å². The molecule has 1 rings (SSSR count). The average molecular weight is 226 g/mol. The minimum Gasteiger partial charge on any atom is -0.355 e. The first-order valence-corrected chi connectivity index (χ1v) is 6.75. The molecule has 16 heavy (non-hydrogen) atoms. The lowest BCUT2D eigenvalue weighted by Crippen LogP contribution is -2.35. The molecule has 1 unspecified atom stereocenters. The lowest BCUT2D eigenvalue weighted by Gasteiger charge is -2.25. The molecule has 0 aromatic carbocycles. The molecule has 1 aliphatic carbocycles. The third kappa shape index (κ3) is 4.52. The summed E-state index contributed by atoms with van der Waals surface area (Å²) in [5.74, 6) is 1.19. The van der Waals surface area contributed by atoms with Gasteiger partial charge in [-0.25, -0.2) is 0 Å². The summed E-state index contributed by atoms with van der Waals surface area (Å²) in [5.41, 5.74) is 5.39. The maximum absolute atomic E-state index is 11.8. The SMILES string of the molecule is CCC(CC1CCCCC1)C(=O)NCCN. The van der Waals surface area contributed by atoms with E-state index in [2.05, 4.69) is 12.2 Å². The molecule has 0 aromatic heterocycles. The van der Waals surface area contributed by atoms with Gasteiger partial charge < -0.3 is 11.1 Å². The van der Waals surface area contributed by atoms with Crippen molar-refractivity contribution >= 4 is 5.91 Å². The fourth-order valence-corrected chi connectivity index (χ4v) is 2.62. The number of carbonyl (C=O) groups excluding carboxylic acids is 1. The molecule has 1 fully saturated rings. The van der Waals surface area contributed by atoms with Crippen LogP contribution in [-0.2, 0) is 4.79 Å². The van der Waals surface area contributed by atoms with Crippen molar-refractivity contribution in [3.63, 3.8) is 0 Å². The van der Waals surface area contributed by atoms with E-state index in [1.165, 1.54) is 32.1 Å². The molecular weight excluding hydrogens is 200 g/mol. The number of amides is 1. The molecule has 0 spiro atoms. The predicted molar refractivity (Wildman–Crippen MR) is 67.0 cm³/mol. The summed E-state index contributed by atoms with van der Waals surface area (Å²) in [6.07, 6.45) is 8.75. The number of carbonyl (C=O) groups is 1. The summed E-state index contributed by atoms with van der Waals surface area (Å²) >= 11 is 0. The first kappa shape index (κ1) is 13.5. The second-order valence-electron chi connectivity index (χ2n) is 4.92. The standard InChI is InChI=1S/C13H26N2O/c1-2-12(13(16)15-9-8-14)10-11-6-4-3-5-7-11/h11-12H,2-10,14H2,1H3,(H,15,16). The largest absolute Gasteiger partial charge is 0.355 e.